The Kier molecular flexibility index (Phi) is 5.95. The van der Waals surface area contributed by atoms with E-state index in [9.17, 15) is 9.18 Å². The number of hydrogen-bond donors (Lipinski definition) is 0. The number of para-hydroxylation sites is 1. The van der Waals surface area contributed by atoms with Gasteiger partial charge in [-0.05, 0) is 36.2 Å². The maximum atomic E-state index is 12.8. The smallest absolute Gasteiger partial charge is 0.222 e. The zero-order chi connectivity index (χ0) is 15.8. The Labute approximate surface area is 130 Å². The Balaban J connectivity index is 1.69. The Bertz CT molecular complexity index is 584. The lowest BCUT2D eigenvalue weighted by Crippen LogP contribution is -2.26. The van der Waals surface area contributed by atoms with Crippen LogP contribution in [0.4, 0.5) is 4.39 Å². The standard InChI is InChI=1S/C18H20FNO2/c1-20(14-15-9-11-16(19)12-10-15)18(21)8-5-13-22-17-6-3-2-4-7-17/h2-4,6-7,9-12H,5,8,13-14H2,1H3. The maximum Gasteiger partial charge on any atom is 0.222 e. The quantitative estimate of drug-likeness (QED) is 0.731. The Morgan fingerprint density at radius 2 is 1.77 bits per heavy atom. The van der Waals surface area contributed by atoms with Gasteiger partial charge in [0.2, 0.25) is 5.91 Å². The summed E-state index contributed by atoms with van der Waals surface area (Å²) in [7, 11) is 1.75. The van der Waals surface area contributed by atoms with Crippen LogP contribution >= 0.6 is 0 Å². The molecule has 0 aromatic heterocycles. The third-order valence-corrected chi connectivity index (χ3v) is 3.31. The topological polar surface area (TPSA) is 29.5 Å². The van der Waals surface area contributed by atoms with Gasteiger partial charge in [0.1, 0.15) is 11.6 Å². The summed E-state index contributed by atoms with van der Waals surface area (Å²) in [6, 6.07) is 15.7. The zero-order valence-electron chi connectivity index (χ0n) is 12.7. The first kappa shape index (κ1) is 16.0. The molecular weight excluding hydrogens is 281 g/mol. The van der Waals surface area contributed by atoms with Crippen molar-refractivity contribution in [3.63, 3.8) is 0 Å². The van der Waals surface area contributed by atoms with Gasteiger partial charge < -0.3 is 9.64 Å². The minimum Gasteiger partial charge on any atom is -0.494 e. The Hall–Kier alpha value is -2.36. The molecule has 0 unspecified atom stereocenters. The zero-order valence-corrected chi connectivity index (χ0v) is 12.7. The molecule has 3 nitrogen and oxygen atoms in total. The van der Waals surface area contributed by atoms with E-state index < -0.39 is 0 Å². The van der Waals surface area contributed by atoms with E-state index in [2.05, 4.69) is 0 Å². The predicted molar refractivity (Wildman–Crippen MR) is 84.0 cm³/mol. The van der Waals surface area contributed by atoms with E-state index in [0.717, 1.165) is 11.3 Å². The van der Waals surface area contributed by atoms with E-state index in [1.54, 1.807) is 24.1 Å². The van der Waals surface area contributed by atoms with E-state index in [-0.39, 0.29) is 11.7 Å². The number of ether oxygens (including phenoxy) is 1. The first-order chi connectivity index (χ1) is 10.6. The van der Waals surface area contributed by atoms with Crippen LogP contribution in [0.25, 0.3) is 0 Å². The lowest BCUT2D eigenvalue weighted by molar-refractivity contribution is -0.130. The molecule has 2 rings (SSSR count). The maximum absolute atomic E-state index is 12.8. The fourth-order valence-electron chi connectivity index (χ4n) is 2.07. The minimum atomic E-state index is -0.268. The number of rotatable bonds is 7. The molecule has 0 radical (unpaired) electrons. The summed E-state index contributed by atoms with van der Waals surface area (Å²) in [6.07, 6.45) is 1.10. The third kappa shape index (κ3) is 5.20. The van der Waals surface area contributed by atoms with Crippen molar-refractivity contribution in [2.24, 2.45) is 0 Å². The largest absolute Gasteiger partial charge is 0.494 e. The van der Waals surface area contributed by atoms with E-state index in [1.165, 1.54) is 12.1 Å². The van der Waals surface area contributed by atoms with Gasteiger partial charge in [-0.2, -0.15) is 0 Å². The van der Waals surface area contributed by atoms with Gasteiger partial charge in [-0.15, -0.1) is 0 Å². The molecule has 2 aromatic rings. The molecule has 0 spiro atoms. The molecule has 0 N–H and O–H groups in total. The summed E-state index contributed by atoms with van der Waals surface area (Å²) in [6.45, 7) is 0.999. The van der Waals surface area contributed by atoms with Crippen LogP contribution in [-0.2, 0) is 11.3 Å². The molecule has 0 saturated carbocycles. The second-order valence-electron chi connectivity index (χ2n) is 5.14. The Morgan fingerprint density at radius 1 is 1.09 bits per heavy atom. The van der Waals surface area contributed by atoms with E-state index in [0.29, 0.717) is 26.0 Å². The molecule has 1 amide bonds. The van der Waals surface area contributed by atoms with Crippen molar-refractivity contribution in [2.75, 3.05) is 13.7 Å². The van der Waals surface area contributed by atoms with Crippen LogP contribution in [-0.4, -0.2) is 24.5 Å². The van der Waals surface area contributed by atoms with Crippen molar-refractivity contribution in [2.45, 2.75) is 19.4 Å². The molecule has 0 aliphatic heterocycles. The molecule has 22 heavy (non-hydrogen) atoms. The van der Waals surface area contributed by atoms with Crippen LogP contribution in [0.3, 0.4) is 0 Å². The lowest BCUT2D eigenvalue weighted by atomic mass is 10.2. The van der Waals surface area contributed by atoms with E-state index in [1.807, 2.05) is 30.3 Å². The van der Waals surface area contributed by atoms with Crippen LogP contribution in [0.5, 0.6) is 5.75 Å². The van der Waals surface area contributed by atoms with Gasteiger partial charge in [-0.3, -0.25) is 4.79 Å². The highest BCUT2D eigenvalue weighted by Crippen LogP contribution is 2.10. The van der Waals surface area contributed by atoms with Crippen LogP contribution < -0.4 is 4.74 Å². The average Bonchev–Trinajstić information content (AvgIpc) is 2.54. The first-order valence-electron chi connectivity index (χ1n) is 7.31. The summed E-state index contributed by atoms with van der Waals surface area (Å²) >= 11 is 0. The van der Waals surface area contributed by atoms with E-state index in [4.69, 9.17) is 4.74 Å². The SMILES string of the molecule is CN(Cc1ccc(F)cc1)C(=O)CCCOc1ccccc1. The molecule has 0 saturated heterocycles. The highest BCUT2D eigenvalue weighted by atomic mass is 19.1. The van der Waals surface area contributed by atoms with Gasteiger partial charge >= 0.3 is 0 Å². The number of benzene rings is 2. The number of carbonyl (C=O) groups excluding carboxylic acids is 1. The average molecular weight is 301 g/mol. The van der Waals surface area contributed by atoms with Gasteiger partial charge in [0.05, 0.1) is 6.61 Å². The number of hydrogen-bond acceptors (Lipinski definition) is 2. The van der Waals surface area contributed by atoms with Crippen molar-refractivity contribution in [1.82, 2.24) is 4.90 Å². The number of nitrogens with zero attached hydrogens (tertiary/aromatic N) is 1. The third-order valence-electron chi connectivity index (χ3n) is 3.31. The highest BCUT2D eigenvalue weighted by molar-refractivity contribution is 5.75. The Morgan fingerprint density at radius 3 is 2.45 bits per heavy atom. The van der Waals surface area contributed by atoms with Crippen molar-refractivity contribution < 1.29 is 13.9 Å². The summed E-state index contributed by atoms with van der Waals surface area (Å²) < 4.78 is 18.4. The fourth-order valence-corrected chi connectivity index (χ4v) is 2.07. The minimum absolute atomic E-state index is 0.0565. The number of halogens is 1. The summed E-state index contributed by atoms with van der Waals surface area (Å²) in [4.78, 5) is 13.7. The molecule has 0 atom stereocenters. The summed E-state index contributed by atoms with van der Waals surface area (Å²) in [5.41, 5.74) is 0.915. The van der Waals surface area contributed by atoms with Crippen LogP contribution in [0.15, 0.2) is 54.6 Å². The van der Waals surface area contributed by atoms with Gasteiger partial charge in [-0.1, -0.05) is 30.3 Å². The van der Waals surface area contributed by atoms with Crippen LogP contribution in [0, 0.1) is 5.82 Å². The molecule has 4 heteroatoms. The molecule has 0 heterocycles. The number of carbonyl (C=O) groups is 1. The van der Waals surface area contributed by atoms with Crippen molar-refractivity contribution in [3.05, 3.63) is 66.0 Å². The molecule has 116 valence electrons. The van der Waals surface area contributed by atoms with Crippen LogP contribution in [0.2, 0.25) is 0 Å². The lowest BCUT2D eigenvalue weighted by Gasteiger charge is -2.17. The van der Waals surface area contributed by atoms with Gasteiger partial charge in [0.25, 0.3) is 0 Å². The second-order valence-corrected chi connectivity index (χ2v) is 5.14. The second kappa shape index (κ2) is 8.17. The van der Waals surface area contributed by atoms with Crippen molar-refractivity contribution >= 4 is 5.91 Å². The van der Waals surface area contributed by atoms with Crippen molar-refractivity contribution in [1.29, 1.82) is 0 Å². The molecule has 0 fully saturated rings. The monoisotopic (exact) mass is 301 g/mol. The molecule has 0 aliphatic carbocycles. The summed E-state index contributed by atoms with van der Waals surface area (Å²) in [5, 5.41) is 0. The van der Waals surface area contributed by atoms with Gasteiger partial charge in [0.15, 0.2) is 0 Å². The number of amides is 1. The van der Waals surface area contributed by atoms with E-state index >= 15 is 0 Å². The normalized spacial score (nSPS) is 10.3. The van der Waals surface area contributed by atoms with Crippen molar-refractivity contribution in [3.8, 4) is 5.75 Å². The summed E-state index contributed by atoms with van der Waals surface area (Å²) in [5.74, 6) is 0.603. The molecule has 2 aromatic carbocycles. The molecular formula is C18H20FNO2. The van der Waals surface area contributed by atoms with Crippen LogP contribution in [0.1, 0.15) is 18.4 Å². The first-order valence-corrected chi connectivity index (χ1v) is 7.31. The molecule has 0 aliphatic rings. The fraction of sp³-hybridized carbons (Fsp3) is 0.278. The molecule has 0 bridgehead atoms. The predicted octanol–water partition coefficient (Wildman–Crippen LogP) is 3.64. The van der Waals surface area contributed by atoms with Gasteiger partial charge in [-0.25, -0.2) is 4.39 Å². The highest BCUT2D eigenvalue weighted by Gasteiger charge is 2.09. The van der Waals surface area contributed by atoms with Gasteiger partial charge in [0, 0.05) is 20.0 Å².